The van der Waals surface area contributed by atoms with E-state index in [0.717, 1.165) is 33.8 Å². The minimum atomic E-state index is -0.401. The van der Waals surface area contributed by atoms with Gasteiger partial charge in [0, 0.05) is 22.7 Å². The Morgan fingerprint density at radius 2 is 1.78 bits per heavy atom. The molecule has 0 aliphatic rings. The summed E-state index contributed by atoms with van der Waals surface area (Å²) in [5.41, 5.74) is 5.35. The maximum Gasteiger partial charge on any atom is 0.315 e. The molecular weight excluding hydrogens is 466 g/mol. The Balaban J connectivity index is 1.46. The summed E-state index contributed by atoms with van der Waals surface area (Å²) in [6, 6.07) is 11.7. The fourth-order valence-electron chi connectivity index (χ4n) is 3.83. The first-order chi connectivity index (χ1) is 17.5. The number of carbonyl (C=O) groups is 1. The van der Waals surface area contributed by atoms with Crippen LogP contribution in [0.5, 0.6) is 0 Å². The van der Waals surface area contributed by atoms with Gasteiger partial charge in [-0.25, -0.2) is 9.97 Å². The molecule has 0 unspecified atom stereocenters. The molecule has 4 rings (SSSR count). The Labute approximate surface area is 217 Å². The summed E-state index contributed by atoms with van der Waals surface area (Å²) in [4.78, 5) is 30.2. The summed E-state index contributed by atoms with van der Waals surface area (Å²) in [5, 5.41) is 10.2. The first-order valence-corrected chi connectivity index (χ1v) is 12.3. The van der Waals surface area contributed by atoms with E-state index in [1.54, 1.807) is 0 Å². The lowest BCUT2D eigenvalue weighted by atomic mass is 9.96. The van der Waals surface area contributed by atoms with Crippen molar-refractivity contribution in [2.24, 2.45) is 0 Å². The average Bonchev–Trinajstić information content (AvgIpc) is 3.36. The van der Waals surface area contributed by atoms with Crippen LogP contribution in [0.4, 0.5) is 11.5 Å². The second kappa shape index (κ2) is 10.5. The quantitative estimate of drug-likeness (QED) is 0.323. The van der Waals surface area contributed by atoms with E-state index in [4.69, 9.17) is 4.52 Å². The van der Waals surface area contributed by atoms with Crippen molar-refractivity contribution in [2.45, 2.75) is 65.8 Å². The number of hydrogen-bond donors (Lipinski definition) is 2. The summed E-state index contributed by atoms with van der Waals surface area (Å²) in [7, 11) is 0. The number of nitrogens with zero attached hydrogens (tertiary/aromatic N) is 5. The fourth-order valence-corrected chi connectivity index (χ4v) is 3.83. The molecule has 3 heterocycles. The molecule has 0 saturated heterocycles. The van der Waals surface area contributed by atoms with E-state index >= 15 is 0 Å². The second-order valence-electron chi connectivity index (χ2n) is 10.5. The standard InChI is InChI=1S/C28H33N7O2/c1-16(2)22-11-9-20(14-29-22)33-24-13-23(30-15-31-24)19-8-10-21(17(3)12-19)18(4)32-25(36)26-34-27(35-37-26)28(5,6)7/h8-16,18H,1-7H3,(H,32,36)(H,30,31,33)/t18-/m1/s1. The molecule has 1 amide bonds. The summed E-state index contributed by atoms with van der Waals surface area (Å²) in [6.45, 7) is 14.1. The van der Waals surface area contributed by atoms with Crippen LogP contribution in [-0.2, 0) is 5.41 Å². The van der Waals surface area contributed by atoms with Crippen molar-refractivity contribution in [3.05, 3.63) is 77.5 Å². The van der Waals surface area contributed by atoms with Crippen molar-refractivity contribution >= 4 is 17.4 Å². The van der Waals surface area contributed by atoms with Crippen LogP contribution in [0.3, 0.4) is 0 Å². The first kappa shape index (κ1) is 25.9. The predicted octanol–water partition coefficient (Wildman–Crippen LogP) is 5.89. The number of pyridine rings is 1. The molecular formula is C28H33N7O2. The van der Waals surface area contributed by atoms with Crippen LogP contribution in [0, 0.1) is 6.92 Å². The molecule has 9 nitrogen and oxygen atoms in total. The van der Waals surface area contributed by atoms with E-state index in [-0.39, 0.29) is 17.3 Å². The smallest absolute Gasteiger partial charge is 0.315 e. The van der Waals surface area contributed by atoms with Crippen molar-refractivity contribution < 1.29 is 9.32 Å². The van der Waals surface area contributed by atoms with E-state index in [0.29, 0.717) is 17.6 Å². The van der Waals surface area contributed by atoms with E-state index in [2.05, 4.69) is 49.6 Å². The van der Waals surface area contributed by atoms with Crippen LogP contribution in [0.1, 0.15) is 86.8 Å². The van der Waals surface area contributed by atoms with Gasteiger partial charge in [-0.05, 0) is 49.1 Å². The van der Waals surface area contributed by atoms with Gasteiger partial charge in [-0.3, -0.25) is 9.78 Å². The average molecular weight is 500 g/mol. The zero-order chi connectivity index (χ0) is 26.7. The molecule has 0 aliphatic heterocycles. The molecule has 0 bridgehead atoms. The van der Waals surface area contributed by atoms with Crippen molar-refractivity contribution in [2.75, 3.05) is 5.32 Å². The summed E-state index contributed by atoms with van der Waals surface area (Å²) in [5.74, 6) is 1.11. The van der Waals surface area contributed by atoms with Gasteiger partial charge in [-0.1, -0.05) is 51.9 Å². The van der Waals surface area contributed by atoms with Crippen LogP contribution in [-0.4, -0.2) is 31.0 Å². The fraction of sp³-hybridized carbons (Fsp3) is 0.357. The molecule has 0 radical (unpaired) electrons. The highest BCUT2D eigenvalue weighted by Gasteiger charge is 2.25. The molecule has 4 aromatic rings. The number of aryl methyl sites for hydroxylation is 1. The molecule has 9 heteroatoms. The lowest BCUT2D eigenvalue weighted by Gasteiger charge is -2.16. The number of amides is 1. The van der Waals surface area contributed by atoms with Gasteiger partial charge in [0.2, 0.25) is 0 Å². The largest absolute Gasteiger partial charge is 0.341 e. The van der Waals surface area contributed by atoms with Crippen LogP contribution in [0.15, 0.2) is 53.4 Å². The van der Waals surface area contributed by atoms with E-state index in [1.165, 1.54) is 6.33 Å². The molecule has 0 aliphatic carbocycles. The number of carbonyl (C=O) groups excluding carboxylic acids is 1. The molecule has 1 aromatic carbocycles. The van der Waals surface area contributed by atoms with Gasteiger partial charge < -0.3 is 15.2 Å². The molecule has 0 spiro atoms. The minimum absolute atomic E-state index is 0.0406. The molecule has 3 aromatic heterocycles. The third-order valence-corrected chi connectivity index (χ3v) is 5.99. The molecule has 37 heavy (non-hydrogen) atoms. The second-order valence-corrected chi connectivity index (χ2v) is 10.5. The Hall–Kier alpha value is -4.14. The van der Waals surface area contributed by atoms with E-state index < -0.39 is 5.91 Å². The minimum Gasteiger partial charge on any atom is -0.341 e. The Kier molecular flexibility index (Phi) is 7.33. The van der Waals surface area contributed by atoms with Crippen molar-refractivity contribution in [1.82, 2.24) is 30.4 Å². The Morgan fingerprint density at radius 3 is 2.41 bits per heavy atom. The highest BCUT2D eigenvalue weighted by Crippen LogP contribution is 2.26. The molecule has 192 valence electrons. The third kappa shape index (κ3) is 6.17. The summed E-state index contributed by atoms with van der Waals surface area (Å²) < 4.78 is 5.17. The normalized spacial score (nSPS) is 12.4. The summed E-state index contributed by atoms with van der Waals surface area (Å²) in [6.07, 6.45) is 3.35. The molecule has 2 N–H and O–H groups in total. The monoisotopic (exact) mass is 499 g/mol. The maximum absolute atomic E-state index is 12.7. The number of anilines is 2. The van der Waals surface area contributed by atoms with Gasteiger partial charge >= 0.3 is 11.8 Å². The first-order valence-electron chi connectivity index (χ1n) is 12.3. The molecule has 0 fully saturated rings. The Morgan fingerprint density at radius 1 is 1.00 bits per heavy atom. The van der Waals surface area contributed by atoms with Gasteiger partial charge in [0.1, 0.15) is 12.1 Å². The number of nitrogens with one attached hydrogen (secondary N) is 2. The van der Waals surface area contributed by atoms with Crippen LogP contribution in [0.2, 0.25) is 0 Å². The lowest BCUT2D eigenvalue weighted by Crippen LogP contribution is -2.27. The van der Waals surface area contributed by atoms with Gasteiger partial charge in [-0.2, -0.15) is 4.98 Å². The predicted molar refractivity (Wildman–Crippen MR) is 143 cm³/mol. The van der Waals surface area contributed by atoms with Crippen molar-refractivity contribution in [3.8, 4) is 11.3 Å². The van der Waals surface area contributed by atoms with Crippen LogP contribution < -0.4 is 10.6 Å². The molecule has 1 atom stereocenters. The maximum atomic E-state index is 12.7. The lowest BCUT2D eigenvalue weighted by molar-refractivity contribution is 0.0895. The van der Waals surface area contributed by atoms with E-state index in [9.17, 15) is 4.79 Å². The van der Waals surface area contributed by atoms with Crippen molar-refractivity contribution in [1.29, 1.82) is 0 Å². The SMILES string of the molecule is Cc1cc(-c2cc(Nc3ccc(C(C)C)nc3)ncn2)ccc1[C@@H](C)NC(=O)c1nc(C(C)(C)C)no1. The van der Waals surface area contributed by atoms with Gasteiger partial charge in [0.05, 0.1) is 23.6 Å². The van der Waals surface area contributed by atoms with E-state index in [1.807, 2.05) is 77.2 Å². The zero-order valence-electron chi connectivity index (χ0n) is 22.3. The summed E-state index contributed by atoms with van der Waals surface area (Å²) >= 11 is 0. The van der Waals surface area contributed by atoms with Crippen LogP contribution >= 0.6 is 0 Å². The zero-order valence-corrected chi connectivity index (χ0v) is 22.3. The van der Waals surface area contributed by atoms with Crippen molar-refractivity contribution in [3.63, 3.8) is 0 Å². The number of rotatable bonds is 7. The van der Waals surface area contributed by atoms with Gasteiger partial charge in [0.15, 0.2) is 5.82 Å². The highest BCUT2D eigenvalue weighted by molar-refractivity contribution is 5.89. The van der Waals surface area contributed by atoms with Crippen LogP contribution in [0.25, 0.3) is 11.3 Å². The number of hydrogen-bond acceptors (Lipinski definition) is 8. The molecule has 0 saturated carbocycles. The third-order valence-electron chi connectivity index (χ3n) is 5.99. The van der Waals surface area contributed by atoms with Gasteiger partial charge in [-0.15, -0.1) is 0 Å². The topological polar surface area (TPSA) is 119 Å². The highest BCUT2D eigenvalue weighted by atomic mass is 16.5. The number of aromatic nitrogens is 5. The Bertz CT molecular complexity index is 1390. The number of benzene rings is 1. The van der Waals surface area contributed by atoms with Gasteiger partial charge in [0.25, 0.3) is 0 Å².